The molecule has 0 saturated heterocycles. The minimum absolute atomic E-state index is 0.209. The molecule has 3 aromatic rings. The summed E-state index contributed by atoms with van der Waals surface area (Å²) in [5, 5.41) is 10.3. The fraction of sp³-hybridized carbons (Fsp3) is 0.150. The van der Waals surface area contributed by atoms with Crippen LogP contribution >= 0.6 is 0 Å². The summed E-state index contributed by atoms with van der Waals surface area (Å²) in [6.07, 6.45) is 1.43. The van der Waals surface area contributed by atoms with Crippen molar-refractivity contribution in [3.05, 3.63) is 89.1 Å². The molecule has 1 aliphatic rings. The number of rotatable bonds is 4. The Balaban J connectivity index is 1.67. The van der Waals surface area contributed by atoms with Crippen LogP contribution in [0.2, 0.25) is 0 Å². The van der Waals surface area contributed by atoms with E-state index in [9.17, 15) is 9.18 Å². The number of halogens is 1. The van der Waals surface area contributed by atoms with E-state index in [1.54, 1.807) is 16.8 Å². The second kappa shape index (κ2) is 7.03. The first kappa shape index (κ1) is 17.0. The van der Waals surface area contributed by atoms with Gasteiger partial charge in [-0.25, -0.2) is 9.07 Å². The Morgan fingerprint density at radius 2 is 1.93 bits per heavy atom. The van der Waals surface area contributed by atoms with Crippen molar-refractivity contribution in [1.29, 1.82) is 0 Å². The van der Waals surface area contributed by atoms with Gasteiger partial charge in [-0.3, -0.25) is 4.79 Å². The van der Waals surface area contributed by atoms with Gasteiger partial charge < -0.3 is 10.6 Å². The zero-order valence-corrected chi connectivity index (χ0v) is 14.7. The average Bonchev–Trinajstić information content (AvgIpc) is 3.14. The molecule has 0 aliphatic carbocycles. The molecule has 0 radical (unpaired) electrons. The molecular formula is C20H18FN5O. The molecule has 1 atom stereocenters. The van der Waals surface area contributed by atoms with E-state index in [4.69, 9.17) is 0 Å². The third-order valence-electron chi connectivity index (χ3n) is 4.52. The number of hydrogen-bond acceptors (Lipinski definition) is 4. The quantitative estimate of drug-likeness (QED) is 0.747. The van der Waals surface area contributed by atoms with Gasteiger partial charge in [-0.05, 0) is 30.2 Å². The van der Waals surface area contributed by atoms with Gasteiger partial charge in [-0.1, -0.05) is 42.5 Å². The van der Waals surface area contributed by atoms with Gasteiger partial charge in [0.15, 0.2) is 0 Å². The number of amides is 1. The number of allylic oxidation sites excluding steroid dienone is 1. The SMILES string of the molecule is CC1=C(C(=O)NCc2ccccc2)[C@H](c2ccc(F)cc2)n2ncnc2N1. The Labute approximate surface area is 155 Å². The molecule has 2 N–H and O–H groups in total. The first-order chi connectivity index (χ1) is 13.1. The lowest BCUT2D eigenvalue weighted by Gasteiger charge is -2.28. The maximum Gasteiger partial charge on any atom is 0.251 e. The van der Waals surface area contributed by atoms with Crippen LogP contribution < -0.4 is 10.6 Å². The molecular weight excluding hydrogens is 345 g/mol. The molecule has 2 aromatic carbocycles. The van der Waals surface area contributed by atoms with Gasteiger partial charge in [-0.2, -0.15) is 10.1 Å². The first-order valence-corrected chi connectivity index (χ1v) is 8.58. The van der Waals surface area contributed by atoms with Crippen molar-refractivity contribution in [3.63, 3.8) is 0 Å². The Morgan fingerprint density at radius 1 is 1.19 bits per heavy atom. The van der Waals surface area contributed by atoms with Crippen molar-refractivity contribution in [3.8, 4) is 0 Å². The van der Waals surface area contributed by atoms with E-state index >= 15 is 0 Å². The van der Waals surface area contributed by atoms with Crippen molar-refractivity contribution in [2.75, 3.05) is 5.32 Å². The van der Waals surface area contributed by atoms with E-state index in [0.717, 1.165) is 11.1 Å². The summed E-state index contributed by atoms with van der Waals surface area (Å²) >= 11 is 0. The van der Waals surface area contributed by atoms with Crippen molar-refractivity contribution in [2.45, 2.75) is 19.5 Å². The molecule has 4 rings (SSSR count). The zero-order valence-electron chi connectivity index (χ0n) is 14.7. The molecule has 2 heterocycles. The zero-order chi connectivity index (χ0) is 18.8. The number of aromatic nitrogens is 3. The maximum absolute atomic E-state index is 13.4. The van der Waals surface area contributed by atoms with Gasteiger partial charge in [-0.15, -0.1) is 0 Å². The lowest BCUT2D eigenvalue weighted by Crippen LogP contribution is -2.34. The molecule has 0 unspecified atom stereocenters. The van der Waals surface area contributed by atoms with Crippen molar-refractivity contribution in [1.82, 2.24) is 20.1 Å². The molecule has 7 heteroatoms. The number of nitrogens with zero attached hydrogens (tertiary/aromatic N) is 3. The van der Waals surface area contributed by atoms with Gasteiger partial charge in [0.05, 0.1) is 5.57 Å². The van der Waals surface area contributed by atoms with Gasteiger partial charge in [0, 0.05) is 12.2 Å². The molecule has 0 bridgehead atoms. The molecule has 136 valence electrons. The van der Waals surface area contributed by atoms with E-state index in [0.29, 0.717) is 23.8 Å². The van der Waals surface area contributed by atoms with Crippen LogP contribution in [0.5, 0.6) is 0 Å². The van der Waals surface area contributed by atoms with Crippen LogP contribution in [0.4, 0.5) is 10.3 Å². The second-order valence-corrected chi connectivity index (χ2v) is 6.31. The summed E-state index contributed by atoms with van der Waals surface area (Å²) in [4.78, 5) is 17.2. The predicted molar refractivity (Wildman–Crippen MR) is 99.2 cm³/mol. The molecule has 1 aliphatic heterocycles. The summed E-state index contributed by atoms with van der Waals surface area (Å²) in [5.74, 6) is 0.00282. The highest BCUT2D eigenvalue weighted by Gasteiger charge is 2.33. The van der Waals surface area contributed by atoms with Crippen LogP contribution in [-0.2, 0) is 11.3 Å². The fourth-order valence-corrected chi connectivity index (χ4v) is 3.21. The minimum Gasteiger partial charge on any atom is -0.348 e. The topological polar surface area (TPSA) is 71.8 Å². The highest BCUT2D eigenvalue weighted by molar-refractivity contribution is 5.96. The van der Waals surface area contributed by atoms with Gasteiger partial charge in [0.1, 0.15) is 18.2 Å². The molecule has 0 fully saturated rings. The van der Waals surface area contributed by atoms with Crippen LogP contribution in [0.25, 0.3) is 0 Å². The van der Waals surface area contributed by atoms with Crippen LogP contribution in [-0.4, -0.2) is 20.7 Å². The van der Waals surface area contributed by atoms with Crippen LogP contribution in [0.3, 0.4) is 0 Å². The molecule has 1 aromatic heterocycles. The predicted octanol–water partition coefficient (Wildman–Crippen LogP) is 3.02. The number of hydrogen-bond donors (Lipinski definition) is 2. The highest BCUT2D eigenvalue weighted by Crippen LogP contribution is 2.34. The summed E-state index contributed by atoms with van der Waals surface area (Å²) in [6, 6.07) is 15.3. The maximum atomic E-state index is 13.4. The van der Waals surface area contributed by atoms with E-state index in [-0.39, 0.29) is 11.7 Å². The summed E-state index contributed by atoms with van der Waals surface area (Å²) in [5.41, 5.74) is 2.98. The standard InChI is InChI=1S/C20H18FN5O/c1-13-17(19(27)22-11-14-5-3-2-4-6-14)18(15-7-9-16(21)10-8-15)26-20(25-13)23-12-24-26/h2-10,12,18H,11H2,1H3,(H,22,27)(H,23,24,25)/t18-/m0/s1. The number of anilines is 1. The largest absolute Gasteiger partial charge is 0.348 e. The van der Waals surface area contributed by atoms with Crippen LogP contribution in [0, 0.1) is 5.82 Å². The average molecular weight is 363 g/mol. The minimum atomic E-state index is -0.486. The Bertz CT molecular complexity index is 995. The fourth-order valence-electron chi connectivity index (χ4n) is 3.21. The molecule has 27 heavy (non-hydrogen) atoms. The number of fused-ring (bicyclic) bond motifs is 1. The first-order valence-electron chi connectivity index (χ1n) is 8.58. The van der Waals surface area contributed by atoms with Crippen LogP contribution in [0.15, 0.2) is 72.2 Å². The lowest BCUT2D eigenvalue weighted by atomic mass is 9.95. The molecule has 1 amide bonds. The smallest absolute Gasteiger partial charge is 0.251 e. The van der Waals surface area contributed by atoms with Gasteiger partial charge in [0.2, 0.25) is 5.95 Å². The summed E-state index contributed by atoms with van der Waals surface area (Å²) < 4.78 is 15.0. The summed E-state index contributed by atoms with van der Waals surface area (Å²) in [7, 11) is 0. The van der Waals surface area contributed by atoms with E-state index < -0.39 is 6.04 Å². The lowest BCUT2D eigenvalue weighted by molar-refractivity contribution is -0.118. The van der Waals surface area contributed by atoms with Crippen LogP contribution in [0.1, 0.15) is 24.1 Å². The van der Waals surface area contributed by atoms with Gasteiger partial charge >= 0.3 is 0 Å². The highest BCUT2D eigenvalue weighted by atomic mass is 19.1. The Kier molecular flexibility index (Phi) is 4.42. The molecule has 0 saturated carbocycles. The monoisotopic (exact) mass is 363 g/mol. The number of carbonyl (C=O) groups excluding carboxylic acids is 1. The van der Waals surface area contributed by atoms with Crippen molar-refractivity contribution < 1.29 is 9.18 Å². The molecule has 0 spiro atoms. The number of benzene rings is 2. The normalized spacial score (nSPS) is 15.9. The van der Waals surface area contributed by atoms with E-state index in [1.807, 2.05) is 37.3 Å². The second-order valence-electron chi connectivity index (χ2n) is 6.31. The van der Waals surface area contributed by atoms with Crippen molar-refractivity contribution in [2.24, 2.45) is 0 Å². The van der Waals surface area contributed by atoms with E-state index in [2.05, 4.69) is 20.7 Å². The Morgan fingerprint density at radius 3 is 2.67 bits per heavy atom. The number of carbonyl (C=O) groups is 1. The third kappa shape index (κ3) is 3.31. The summed E-state index contributed by atoms with van der Waals surface area (Å²) in [6.45, 7) is 2.24. The van der Waals surface area contributed by atoms with Crippen molar-refractivity contribution >= 4 is 11.9 Å². The Hall–Kier alpha value is -3.48. The van der Waals surface area contributed by atoms with E-state index in [1.165, 1.54) is 18.5 Å². The third-order valence-corrected chi connectivity index (χ3v) is 4.52. The van der Waals surface area contributed by atoms with Gasteiger partial charge in [0.25, 0.3) is 5.91 Å². The molecule has 6 nitrogen and oxygen atoms in total. The number of nitrogens with one attached hydrogen (secondary N) is 2.